The van der Waals surface area contributed by atoms with Crippen LogP contribution in [0.2, 0.25) is 0 Å². The lowest BCUT2D eigenvalue weighted by Gasteiger charge is -2.10. The smallest absolute Gasteiger partial charge is 0.336 e. The molecule has 2 aromatic carbocycles. The van der Waals surface area contributed by atoms with Crippen molar-refractivity contribution in [1.82, 2.24) is 0 Å². The van der Waals surface area contributed by atoms with Crippen molar-refractivity contribution >= 4 is 16.9 Å². The van der Waals surface area contributed by atoms with Crippen LogP contribution in [-0.2, 0) is 16.1 Å². The Labute approximate surface area is 162 Å². The molecule has 0 amide bonds. The second-order valence-corrected chi connectivity index (χ2v) is 6.48. The molecule has 0 atom stereocenters. The molecule has 1 aromatic heterocycles. The summed E-state index contributed by atoms with van der Waals surface area (Å²) in [5.41, 5.74) is 2.56. The van der Waals surface area contributed by atoms with E-state index < -0.39 is 11.6 Å². The Morgan fingerprint density at radius 2 is 1.89 bits per heavy atom. The first kappa shape index (κ1) is 19.5. The normalized spacial score (nSPS) is 10.7. The van der Waals surface area contributed by atoms with Crippen molar-refractivity contribution in [3.8, 4) is 11.5 Å². The van der Waals surface area contributed by atoms with Crippen molar-refractivity contribution in [2.24, 2.45) is 0 Å². The Hall–Kier alpha value is -3.28. The zero-order valence-corrected chi connectivity index (χ0v) is 16.1. The van der Waals surface area contributed by atoms with Gasteiger partial charge in [0.05, 0.1) is 20.1 Å². The van der Waals surface area contributed by atoms with Gasteiger partial charge in [0.25, 0.3) is 0 Å². The van der Waals surface area contributed by atoms with E-state index in [1.165, 1.54) is 13.2 Å². The van der Waals surface area contributed by atoms with E-state index in [2.05, 4.69) is 0 Å². The summed E-state index contributed by atoms with van der Waals surface area (Å²) in [5, 5.41) is 0.694. The number of benzene rings is 2. The average molecular weight is 382 g/mol. The molecule has 0 unspecified atom stereocenters. The summed E-state index contributed by atoms with van der Waals surface area (Å²) in [4.78, 5) is 23.8. The van der Waals surface area contributed by atoms with Crippen molar-refractivity contribution in [2.45, 2.75) is 26.9 Å². The standard InChI is InChI=1S/C22H22O6/c1-14-4-5-15(2)19(10-14)26-9-8-21(23)27-13-16-11-22(24)28-20-12-17(25-3)6-7-18(16)20/h4-7,10-12H,8-9,13H2,1-3H3. The molecule has 0 aliphatic heterocycles. The van der Waals surface area contributed by atoms with Gasteiger partial charge in [0.1, 0.15) is 23.7 Å². The quantitative estimate of drug-likeness (QED) is 0.455. The Morgan fingerprint density at radius 3 is 2.68 bits per heavy atom. The molecule has 6 nitrogen and oxygen atoms in total. The number of hydrogen-bond donors (Lipinski definition) is 0. The van der Waals surface area contributed by atoms with Gasteiger partial charge in [-0.2, -0.15) is 0 Å². The Kier molecular flexibility index (Phi) is 5.99. The molecule has 1 heterocycles. The average Bonchev–Trinajstić information content (AvgIpc) is 2.68. The van der Waals surface area contributed by atoms with Crippen molar-refractivity contribution in [2.75, 3.05) is 13.7 Å². The van der Waals surface area contributed by atoms with Crippen molar-refractivity contribution in [3.63, 3.8) is 0 Å². The van der Waals surface area contributed by atoms with E-state index in [0.717, 1.165) is 16.9 Å². The number of hydrogen-bond acceptors (Lipinski definition) is 6. The van der Waals surface area contributed by atoms with E-state index >= 15 is 0 Å². The number of fused-ring (bicyclic) bond motifs is 1. The van der Waals surface area contributed by atoms with Gasteiger partial charge in [0.15, 0.2) is 0 Å². The number of ether oxygens (including phenoxy) is 3. The SMILES string of the molecule is COc1ccc2c(COC(=O)CCOc3cc(C)ccc3C)cc(=O)oc2c1. The number of aryl methyl sites for hydroxylation is 2. The maximum Gasteiger partial charge on any atom is 0.336 e. The molecule has 3 aromatic rings. The Balaban J connectivity index is 1.60. The predicted molar refractivity (Wildman–Crippen MR) is 105 cm³/mol. The van der Waals surface area contributed by atoms with Crippen LogP contribution in [0.1, 0.15) is 23.1 Å². The van der Waals surface area contributed by atoms with E-state index in [1.807, 2.05) is 32.0 Å². The van der Waals surface area contributed by atoms with Gasteiger partial charge in [-0.25, -0.2) is 4.79 Å². The van der Waals surface area contributed by atoms with Crippen LogP contribution in [0.15, 0.2) is 51.7 Å². The number of carbonyl (C=O) groups is 1. The first-order valence-corrected chi connectivity index (χ1v) is 8.92. The van der Waals surface area contributed by atoms with Gasteiger partial charge in [-0.1, -0.05) is 12.1 Å². The molecule has 0 aliphatic carbocycles. The Morgan fingerprint density at radius 1 is 1.07 bits per heavy atom. The van der Waals surface area contributed by atoms with Gasteiger partial charge < -0.3 is 18.6 Å². The second-order valence-electron chi connectivity index (χ2n) is 6.48. The summed E-state index contributed by atoms with van der Waals surface area (Å²) in [5.74, 6) is 0.932. The van der Waals surface area contributed by atoms with Crippen LogP contribution < -0.4 is 15.1 Å². The molecular weight excluding hydrogens is 360 g/mol. The lowest BCUT2D eigenvalue weighted by atomic mass is 10.1. The molecule has 0 spiro atoms. The first-order valence-electron chi connectivity index (χ1n) is 8.92. The highest BCUT2D eigenvalue weighted by molar-refractivity contribution is 5.81. The van der Waals surface area contributed by atoms with E-state index in [9.17, 15) is 9.59 Å². The van der Waals surface area contributed by atoms with Crippen LogP contribution in [0, 0.1) is 13.8 Å². The highest BCUT2D eigenvalue weighted by atomic mass is 16.5. The maximum atomic E-state index is 12.1. The van der Waals surface area contributed by atoms with E-state index in [0.29, 0.717) is 22.3 Å². The fourth-order valence-corrected chi connectivity index (χ4v) is 2.79. The largest absolute Gasteiger partial charge is 0.497 e. The maximum absolute atomic E-state index is 12.1. The van der Waals surface area contributed by atoms with Crippen molar-refractivity contribution in [3.05, 3.63) is 69.6 Å². The highest BCUT2D eigenvalue weighted by Crippen LogP contribution is 2.23. The molecule has 0 radical (unpaired) electrons. The minimum absolute atomic E-state index is 0.0171. The Bertz CT molecular complexity index is 1050. The van der Waals surface area contributed by atoms with Crippen LogP contribution in [0.5, 0.6) is 11.5 Å². The zero-order valence-electron chi connectivity index (χ0n) is 16.1. The van der Waals surface area contributed by atoms with Gasteiger partial charge in [-0.3, -0.25) is 4.79 Å². The third-order valence-electron chi connectivity index (χ3n) is 4.33. The summed E-state index contributed by atoms with van der Waals surface area (Å²) in [6, 6.07) is 12.4. The molecule has 28 heavy (non-hydrogen) atoms. The molecule has 0 N–H and O–H groups in total. The highest BCUT2D eigenvalue weighted by Gasteiger charge is 2.10. The van der Waals surface area contributed by atoms with Crippen LogP contribution in [0.3, 0.4) is 0 Å². The minimum Gasteiger partial charge on any atom is -0.497 e. The second kappa shape index (κ2) is 8.61. The molecule has 0 saturated carbocycles. The van der Waals surface area contributed by atoms with Gasteiger partial charge in [0, 0.05) is 23.1 Å². The number of carbonyl (C=O) groups excluding carboxylic acids is 1. The predicted octanol–water partition coefficient (Wildman–Crippen LogP) is 3.93. The number of esters is 1. The lowest BCUT2D eigenvalue weighted by Crippen LogP contribution is -2.11. The van der Waals surface area contributed by atoms with E-state index in [-0.39, 0.29) is 19.6 Å². The van der Waals surface area contributed by atoms with Gasteiger partial charge in [-0.15, -0.1) is 0 Å². The molecule has 3 rings (SSSR count). The first-order chi connectivity index (χ1) is 13.5. The fourth-order valence-electron chi connectivity index (χ4n) is 2.79. The topological polar surface area (TPSA) is 75.0 Å². The van der Waals surface area contributed by atoms with Gasteiger partial charge >= 0.3 is 11.6 Å². The molecule has 146 valence electrons. The third kappa shape index (κ3) is 4.71. The fraction of sp³-hybridized carbons (Fsp3) is 0.273. The van der Waals surface area contributed by atoms with Crippen LogP contribution in [0.25, 0.3) is 11.0 Å². The van der Waals surface area contributed by atoms with Crippen molar-refractivity contribution in [1.29, 1.82) is 0 Å². The third-order valence-corrected chi connectivity index (χ3v) is 4.33. The molecule has 0 aliphatic rings. The molecule has 0 bridgehead atoms. The summed E-state index contributed by atoms with van der Waals surface area (Å²) in [6.07, 6.45) is 0.112. The summed E-state index contributed by atoms with van der Waals surface area (Å²) in [6.45, 7) is 4.14. The van der Waals surface area contributed by atoms with E-state index in [1.54, 1.807) is 18.2 Å². The monoisotopic (exact) mass is 382 g/mol. The van der Waals surface area contributed by atoms with Crippen molar-refractivity contribution < 1.29 is 23.4 Å². The van der Waals surface area contributed by atoms with Crippen LogP contribution >= 0.6 is 0 Å². The van der Waals surface area contributed by atoms with Crippen LogP contribution in [-0.4, -0.2) is 19.7 Å². The molecule has 6 heteroatoms. The van der Waals surface area contributed by atoms with E-state index in [4.69, 9.17) is 18.6 Å². The summed E-state index contributed by atoms with van der Waals surface area (Å²) in [7, 11) is 1.53. The summed E-state index contributed by atoms with van der Waals surface area (Å²) < 4.78 is 21.3. The van der Waals surface area contributed by atoms with Crippen LogP contribution in [0.4, 0.5) is 0 Å². The number of methoxy groups -OCH3 is 1. The van der Waals surface area contributed by atoms with Gasteiger partial charge in [0.2, 0.25) is 0 Å². The molecular formula is C22H22O6. The lowest BCUT2D eigenvalue weighted by molar-refractivity contribution is -0.145. The zero-order chi connectivity index (χ0) is 20.1. The molecule has 0 fully saturated rings. The van der Waals surface area contributed by atoms with Gasteiger partial charge in [-0.05, 0) is 43.2 Å². The molecule has 0 saturated heterocycles. The number of rotatable bonds is 7. The minimum atomic E-state index is -0.509. The summed E-state index contributed by atoms with van der Waals surface area (Å²) >= 11 is 0.